The second-order valence-corrected chi connectivity index (χ2v) is 8.29. The summed E-state index contributed by atoms with van der Waals surface area (Å²) in [6.45, 7) is 0. The van der Waals surface area contributed by atoms with E-state index in [1.54, 1.807) is 22.9 Å². The summed E-state index contributed by atoms with van der Waals surface area (Å²) in [5, 5.41) is 14.4. The van der Waals surface area contributed by atoms with Gasteiger partial charge in [0.05, 0.1) is 25.6 Å². The van der Waals surface area contributed by atoms with Crippen LogP contribution in [-0.4, -0.2) is 21.0 Å². The zero-order valence-corrected chi connectivity index (χ0v) is 16.2. The van der Waals surface area contributed by atoms with Crippen LogP contribution in [0, 0.1) is 0 Å². The fourth-order valence-corrected chi connectivity index (χ4v) is 4.96. The van der Waals surface area contributed by atoms with Crippen LogP contribution < -0.4 is 4.74 Å². The van der Waals surface area contributed by atoms with Crippen molar-refractivity contribution < 1.29 is 14.6 Å². The van der Waals surface area contributed by atoms with Crippen LogP contribution in [0.4, 0.5) is 4.79 Å². The molecule has 0 radical (unpaired) electrons. The number of aryl methyl sites for hydroxylation is 1. The lowest BCUT2D eigenvalue weighted by Gasteiger charge is -2.09. The summed E-state index contributed by atoms with van der Waals surface area (Å²) in [6, 6.07) is 6.99. The molecule has 2 heterocycles. The number of hydrogen-bond donors (Lipinski definition) is 1. The first kappa shape index (κ1) is 17.7. The van der Waals surface area contributed by atoms with Gasteiger partial charge in [-0.25, -0.2) is 9.48 Å². The van der Waals surface area contributed by atoms with Crippen molar-refractivity contribution in [1.82, 2.24) is 9.78 Å². The Hall–Kier alpha value is -1.73. The number of carbonyl (C=O) groups is 1. The number of halogens is 3. The summed E-state index contributed by atoms with van der Waals surface area (Å²) >= 11 is 20.0. The molecule has 134 valence electrons. The molecule has 3 aromatic rings. The van der Waals surface area contributed by atoms with Crippen LogP contribution in [0.1, 0.15) is 17.5 Å². The molecule has 5 nitrogen and oxygen atoms in total. The lowest BCUT2D eigenvalue weighted by atomic mass is 10.1. The Morgan fingerprint density at radius 3 is 2.77 bits per heavy atom. The first-order valence-electron chi connectivity index (χ1n) is 7.70. The van der Waals surface area contributed by atoms with Gasteiger partial charge in [-0.05, 0) is 49.1 Å². The van der Waals surface area contributed by atoms with E-state index in [9.17, 15) is 4.79 Å². The molecule has 1 aliphatic carbocycles. The molecule has 0 spiro atoms. The van der Waals surface area contributed by atoms with Gasteiger partial charge in [-0.2, -0.15) is 0 Å². The lowest BCUT2D eigenvalue weighted by molar-refractivity contribution is 0.142. The maximum atomic E-state index is 11.1. The highest BCUT2D eigenvalue weighted by atomic mass is 35.5. The van der Waals surface area contributed by atoms with Crippen LogP contribution in [0.3, 0.4) is 0 Å². The number of nitrogens with zero attached hydrogens (tertiary/aromatic N) is 2. The second kappa shape index (κ2) is 6.78. The van der Waals surface area contributed by atoms with Gasteiger partial charge in [0.15, 0.2) is 0 Å². The highest BCUT2D eigenvalue weighted by Gasteiger charge is 2.29. The Balaban J connectivity index is 2.01. The zero-order valence-electron chi connectivity index (χ0n) is 13.1. The molecule has 26 heavy (non-hydrogen) atoms. The van der Waals surface area contributed by atoms with E-state index in [4.69, 9.17) is 44.6 Å². The molecule has 1 N–H and O–H groups in total. The minimum atomic E-state index is -1.41. The summed E-state index contributed by atoms with van der Waals surface area (Å²) < 4.78 is 7.22. The van der Waals surface area contributed by atoms with E-state index >= 15 is 0 Å². The number of fused-ring (bicyclic) bond motifs is 3. The largest absolute Gasteiger partial charge is 0.512 e. The topological polar surface area (TPSA) is 64.3 Å². The SMILES string of the molecule is O=C(O)Oc1nn(-c2ccc(Cl)cc2Cl)c2c1CCCc1cc(Cl)sc1-2. The maximum Gasteiger partial charge on any atom is 0.512 e. The van der Waals surface area contributed by atoms with Crippen molar-refractivity contribution in [2.75, 3.05) is 0 Å². The van der Waals surface area contributed by atoms with Crippen molar-refractivity contribution in [3.63, 3.8) is 0 Å². The maximum absolute atomic E-state index is 11.1. The summed E-state index contributed by atoms with van der Waals surface area (Å²) in [6.07, 6.45) is 0.910. The predicted octanol–water partition coefficient (Wildman–Crippen LogP) is 6.11. The molecular weight excluding hydrogens is 419 g/mol. The molecule has 0 bridgehead atoms. The lowest BCUT2D eigenvalue weighted by Crippen LogP contribution is -2.06. The van der Waals surface area contributed by atoms with Gasteiger partial charge in [0.2, 0.25) is 5.88 Å². The van der Waals surface area contributed by atoms with Gasteiger partial charge in [0, 0.05) is 10.6 Å². The Kier molecular flexibility index (Phi) is 4.61. The van der Waals surface area contributed by atoms with Crippen molar-refractivity contribution >= 4 is 52.3 Å². The molecule has 2 aromatic heterocycles. The quantitative estimate of drug-likeness (QED) is 0.499. The van der Waals surface area contributed by atoms with E-state index in [1.165, 1.54) is 11.3 Å². The number of hydrogen-bond acceptors (Lipinski definition) is 4. The van der Waals surface area contributed by atoms with Crippen molar-refractivity contribution in [2.45, 2.75) is 19.3 Å². The number of carboxylic acid groups (broad SMARTS) is 1. The van der Waals surface area contributed by atoms with Crippen molar-refractivity contribution in [2.24, 2.45) is 0 Å². The molecule has 9 heteroatoms. The zero-order chi connectivity index (χ0) is 18.4. The fraction of sp³-hybridized carbons (Fsp3) is 0.176. The number of thiophene rings is 1. The molecule has 0 saturated carbocycles. The van der Waals surface area contributed by atoms with Gasteiger partial charge in [0.1, 0.15) is 0 Å². The summed E-state index contributed by atoms with van der Waals surface area (Å²) in [5.74, 6) is 0.0656. The first-order valence-corrected chi connectivity index (χ1v) is 9.65. The van der Waals surface area contributed by atoms with E-state index in [0.717, 1.165) is 34.5 Å². The highest BCUT2D eigenvalue weighted by molar-refractivity contribution is 7.19. The van der Waals surface area contributed by atoms with Crippen LogP contribution in [-0.2, 0) is 12.8 Å². The molecule has 0 amide bonds. The average molecular weight is 430 g/mol. The van der Waals surface area contributed by atoms with E-state index in [-0.39, 0.29) is 5.88 Å². The van der Waals surface area contributed by atoms with Crippen LogP contribution in [0.15, 0.2) is 24.3 Å². The summed E-state index contributed by atoms with van der Waals surface area (Å²) in [7, 11) is 0. The molecule has 0 saturated heterocycles. The van der Waals surface area contributed by atoms with Gasteiger partial charge in [-0.15, -0.1) is 16.4 Å². The van der Waals surface area contributed by atoms with Crippen LogP contribution >= 0.6 is 46.1 Å². The summed E-state index contributed by atoms with van der Waals surface area (Å²) in [5.41, 5.74) is 3.18. The number of aromatic nitrogens is 2. The third-order valence-corrected chi connectivity index (χ3v) is 5.99. The van der Waals surface area contributed by atoms with Crippen molar-refractivity contribution in [1.29, 1.82) is 0 Å². The van der Waals surface area contributed by atoms with Crippen LogP contribution in [0.5, 0.6) is 5.88 Å². The molecular formula is C17H11Cl3N2O3S. The van der Waals surface area contributed by atoms with Crippen LogP contribution in [0.2, 0.25) is 14.4 Å². The van der Waals surface area contributed by atoms with Gasteiger partial charge >= 0.3 is 6.16 Å². The third-order valence-electron chi connectivity index (χ3n) is 4.14. The van der Waals surface area contributed by atoms with E-state index in [2.05, 4.69) is 5.10 Å². The smallest absolute Gasteiger partial charge is 0.449 e. The van der Waals surface area contributed by atoms with E-state index in [1.807, 2.05) is 6.07 Å². The Bertz CT molecular complexity index is 1030. The summed E-state index contributed by atoms with van der Waals surface area (Å²) in [4.78, 5) is 12.1. The van der Waals surface area contributed by atoms with Crippen molar-refractivity contribution in [3.8, 4) is 22.1 Å². The molecule has 0 unspecified atom stereocenters. The Morgan fingerprint density at radius 1 is 1.23 bits per heavy atom. The molecule has 1 aromatic carbocycles. The normalized spacial score (nSPS) is 13.0. The second-order valence-electron chi connectivity index (χ2n) is 5.77. The predicted molar refractivity (Wildman–Crippen MR) is 103 cm³/mol. The molecule has 4 rings (SSSR count). The van der Waals surface area contributed by atoms with Gasteiger partial charge in [-0.3, -0.25) is 0 Å². The Labute approximate surface area is 167 Å². The van der Waals surface area contributed by atoms with Gasteiger partial charge < -0.3 is 9.84 Å². The molecule has 0 atom stereocenters. The molecule has 1 aliphatic rings. The van der Waals surface area contributed by atoms with Crippen molar-refractivity contribution in [3.05, 3.63) is 49.8 Å². The fourth-order valence-electron chi connectivity index (χ4n) is 3.12. The third kappa shape index (κ3) is 3.07. The number of rotatable bonds is 2. The van der Waals surface area contributed by atoms with Gasteiger partial charge in [-0.1, -0.05) is 34.8 Å². The minimum absolute atomic E-state index is 0.0656. The average Bonchev–Trinajstić information content (AvgIpc) is 3.02. The first-order chi connectivity index (χ1) is 12.4. The molecule has 0 fully saturated rings. The highest BCUT2D eigenvalue weighted by Crippen LogP contribution is 2.44. The standard InChI is InChI=1S/C17H11Cl3N2O3S/c18-9-4-5-12(11(19)7-9)22-14-10(16(21-22)25-17(23)24)3-1-2-8-6-13(20)26-15(8)14/h4-7H,1-3H2,(H,23,24). The monoisotopic (exact) mass is 428 g/mol. The van der Waals surface area contributed by atoms with E-state index < -0.39 is 6.16 Å². The van der Waals surface area contributed by atoms with Gasteiger partial charge in [0.25, 0.3) is 0 Å². The molecule has 0 aliphatic heterocycles. The Morgan fingerprint density at radius 2 is 2.04 bits per heavy atom. The van der Waals surface area contributed by atoms with E-state index in [0.29, 0.717) is 26.5 Å². The minimum Gasteiger partial charge on any atom is -0.449 e. The number of benzene rings is 1. The van der Waals surface area contributed by atoms with Crippen LogP contribution in [0.25, 0.3) is 16.3 Å². The number of ether oxygens (including phenoxy) is 1.